The van der Waals surface area contributed by atoms with Crippen LogP contribution >= 0.6 is 15.9 Å². The third-order valence-electron chi connectivity index (χ3n) is 3.59. The van der Waals surface area contributed by atoms with Crippen molar-refractivity contribution in [2.45, 2.75) is 20.4 Å². The number of pyridine rings is 1. The van der Waals surface area contributed by atoms with E-state index in [9.17, 15) is 4.79 Å². The maximum absolute atomic E-state index is 12.3. The van der Waals surface area contributed by atoms with Crippen molar-refractivity contribution >= 4 is 27.5 Å². The normalized spacial score (nSPS) is 10.8. The third kappa shape index (κ3) is 3.59. The van der Waals surface area contributed by atoms with Crippen LogP contribution in [0.15, 0.2) is 47.2 Å². The molecule has 0 spiro atoms. The number of rotatable bonds is 5. The van der Waals surface area contributed by atoms with Crippen LogP contribution in [-0.2, 0) is 6.54 Å². The van der Waals surface area contributed by atoms with Gasteiger partial charge in [-0.05, 0) is 59.6 Å². The van der Waals surface area contributed by atoms with Crippen LogP contribution in [0.1, 0.15) is 28.5 Å². The van der Waals surface area contributed by atoms with Crippen LogP contribution in [-0.4, -0.2) is 21.9 Å². The molecule has 1 N–H and O–H groups in total. The SMILES string of the molecule is CCOc1cccc(C(=O)NCc2cn3cc(Br)cc(C)c3n2)c1. The van der Waals surface area contributed by atoms with Gasteiger partial charge in [0.1, 0.15) is 11.4 Å². The zero-order valence-corrected chi connectivity index (χ0v) is 15.1. The Bertz CT molecular complexity index is 889. The highest BCUT2D eigenvalue weighted by Gasteiger charge is 2.09. The molecule has 0 bridgehead atoms. The van der Waals surface area contributed by atoms with E-state index in [1.165, 1.54) is 0 Å². The molecule has 2 heterocycles. The lowest BCUT2D eigenvalue weighted by Gasteiger charge is -2.06. The van der Waals surface area contributed by atoms with Crippen LogP contribution in [0.5, 0.6) is 5.75 Å². The Labute approximate surface area is 148 Å². The van der Waals surface area contributed by atoms with Gasteiger partial charge in [-0.2, -0.15) is 0 Å². The van der Waals surface area contributed by atoms with Gasteiger partial charge in [-0.1, -0.05) is 6.07 Å². The van der Waals surface area contributed by atoms with Crippen molar-refractivity contribution in [3.05, 3.63) is 64.0 Å². The molecule has 3 rings (SSSR count). The van der Waals surface area contributed by atoms with Crippen molar-refractivity contribution in [1.29, 1.82) is 0 Å². The number of nitrogens with zero attached hydrogens (tertiary/aromatic N) is 2. The molecule has 0 aliphatic heterocycles. The Kier molecular flexibility index (Phi) is 4.85. The second-order valence-corrected chi connectivity index (χ2v) is 6.36. The van der Waals surface area contributed by atoms with Gasteiger partial charge < -0.3 is 14.5 Å². The van der Waals surface area contributed by atoms with Crippen molar-refractivity contribution < 1.29 is 9.53 Å². The van der Waals surface area contributed by atoms with Gasteiger partial charge in [0.15, 0.2) is 0 Å². The van der Waals surface area contributed by atoms with Gasteiger partial charge >= 0.3 is 0 Å². The summed E-state index contributed by atoms with van der Waals surface area (Å²) in [4.78, 5) is 16.9. The van der Waals surface area contributed by atoms with Crippen molar-refractivity contribution in [3.8, 4) is 5.75 Å². The largest absolute Gasteiger partial charge is 0.494 e. The molecule has 1 amide bonds. The molecule has 0 atom stereocenters. The molecule has 0 radical (unpaired) electrons. The molecule has 3 aromatic rings. The molecule has 5 nitrogen and oxygen atoms in total. The van der Waals surface area contributed by atoms with Crippen molar-refractivity contribution in [2.75, 3.05) is 6.61 Å². The number of imidazole rings is 1. The Morgan fingerprint density at radius 3 is 2.96 bits per heavy atom. The first-order valence-electron chi connectivity index (χ1n) is 7.71. The van der Waals surface area contributed by atoms with Crippen LogP contribution in [0.3, 0.4) is 0 Å². The van der Waals surface area contributed by atoms with Crippen LogP contribution in [0.4, 0.5) is 0 Å². The minimum absolute atomic E-state index is 0.147. The average molecular weight is 388 g/mol. The first-order chi connectivity index (χ1) is 11.6. The minimum Gasteiger partial charge on any atom is -0.494 e. The van der Waals surface area contributed by atoms with E-state index in [0.717, 1.165) is 21.4 Å². The maximum atomic E-state index is 12.3. The average Bonchev–Trinajstić information content (AvgIpc) is 2.96. The van der Waals surface area contributed by atoms with E-state index in [4.69, 9.17) is 4.74 Å². The maximum Gasteiger partial charge on any atom is 0.251 e. The Hall–Kier alpha value is -2.34. The molecule has 0 aliphatic carbocycles. The summed E-state index contributed by atoms with van der Waals surface area (Å²) in [6.45, 7) is 4.86. The van der Waals surface area contributed by atoms with Crippen LogP contribution < -0.4 is 10.1 Å². The summed E-state index contributed by atoms with van der Waals surface area (Å²) in [6.07, 6.45) is 3.87. The molecular weight excluding hydrogens is 370 g/mol. The zero-order chi connectivity index (χ0) is 17.1. The summed E-state index contributed by atoms with van der Waals surface area (Å²) in [5, 5.41) is 2.90. The smallest absolute Gasteiger partial charge is 0.251 e. The number of carbonyl (C=O) groups is 1. The van der Waals surface area contributed by atoms with Crippen LogP contribution in [0, 0.1) is 6.92 Å². The molecule has 0 saturated heterocycles. The minimum atomic E-state index is -0.147. The number of carbonyl (C=O) groups excluding carboxylic acids is 1. The molecular formula is C18H18BrN3O2. The Balaban J connectivity index is 1.72. The molecule has 0 unspecified atom stereocenters. The van der Waals surface area contributed by atoms with E-state index < -0.39 is 0 Å². The molecule has 0 fully saturated rings. The van der Waals surface area contributed by atoms with Gasteiger partial charge in [-0.25, -0.2) is 4.98 Å². The number of aromatic nitrogens is 2. The zero-order valence-electron chi connectivity index (χ0n) is 13.5. The van der Waals surface area contributed by atoms with Gasteiger partial charge in [0.05, 0.1) is 18.8 Å². The fourth-order valence-electron chi connectivity index (χ4n) is 2.53. The first-order valence-corrected chi connectivity index (χ1v) is 8.51. The number of halogens is 1. The number of amides is 1. The molecule has 6 heteroatoms. The highest BCUT2D eigenvalue weighted by molar-refractivity contribution is 9.10. The Morgan fingerprint density at radius 2 is 2.17 bits per heavy atom. The highest BCUT2D eigenvalue weighted by atomic mass is 79.9. The molecule has 1 aromatic carbocycles. The summed E-state index contributed by atoms with van der Waals surface area (Å²) < 4.78 is 8.37. The van der Waals surface area contributed by atoms with E-state index in [1.54, 1.807) is 12.1 Å². The van der Waals surface area contributed by atoms with Crippen LogP contribution in [0.2, 0.25) is 0 Å². The number of benzene rings is 1. The summed E-state index contributed by atoms with van der Waals surface area (Å²) in [5.74, 6) is 0.546. The molecule has 24 heavy (non-hydrogen) atoms. The summed E-state index contributed by atoms with van der Waals surface area (Å²) >= 11 is 3.47. The predicted octanol–water partition coefficient (Wildman–Crippen LogP) is 3.73. The van der Waals surface area contributed by atoms with E-state index in [-0.39, 0.29) is 5.91 Å². The van der Waals surface area contributed by atoms with E-state index in [0.29, 0.717) is 24.5 Å². The second-order valence-electron chi connectivity index (χ2n) is 5.45. The van der Waals surface area contributed by atoms with E-state index >= 15 is 0 Å². The molecule has 0 saturated carbocycles. The van der Waals surface area contributed by atoms with Gasteiger partial charge in [0, 0.05) is 22.4 Å². The lowest BCUT2D eigenvalue weighted by molar-refractivity contribution is 0.0950. The van der Waals surface area contributed by atoms with E-state index in [1.807, 2.05) is 48.8 Å². The van der Waals surface area contributed by atoms with Gasteiger partial charge in [0.2, 0.25) is 0 Å². The summed E-state index contributed by atoms with van der Waals surface area (Å²) in [6, 6.07) is 9.17. The molecule has 124 valence electrons. The fourth-order valence-corrected chi connectivity index (χ4v) is 3.09. The lowest BCUT2D eigenvalue weighted by atomic mass is 10.2. The monoisotopic (exact) mass is 387 g/mol. The quantitative estimate of drug-likeness (QED) is 0.725. The highest BCUT2D eigenvalue weighted by Crippen LogP contribution is 2.17. The number of nitrogens with one attached hydrogen (secondary N) is 1. The standard InChI is InChI=1S/C18H18BrN3O2/c1-3-24-16-6-4-5-13(8-16)18(23)20-9-15-11-22-10-14(19)7-12(2)17(22)21-15/h4-8,10-11H,3,9H2,1-2H3,(H,20,23). The van der Waals surface area contributed by atoms with Gasteiger partial charge in [-0.3, -0.25) is 4.79 Å². The summed E-state index contributed by atoms with van der Waals surface area (Å²) in [5.41, 5.74) is 3.35. The van der Waals surface area contributed by atoms with Gasteiger partial charge in [0.25, 0.3) is 5.91 Å². The van der Waals surface area contributed by atoms with Crippen molar-refractivity contribution in [2.24, 2.45) is 0 Å². The van der Waals surface area contributed by atoms with E-state index in [2.05, 4.69) is 26.2 Å². The number of ether oxygens (including phenoxy) is 1. The fraction of sp³-hybridized carbons (Fsp3) is 0.222. The topological polar surface area (TPSA) is 55.6 Å². The molecule has 0 aliphatic rings. The molecule has 2 aromatic heterocycles. The first kappa shape index (κ1) is 16.5. The second kappa shape index (κ2) is 7.05. The third-order valence-corrected chi connectivity index (χ3v) is 4.02. The lowest BCUT2D eigenvalue weighted by Crippen LogP contribution is -2.22. The number of aryl methyl sites for hydroxylation is 1. The van der Waals surface area contributed by atoms with Crippen LogP contribution in [0.25, 0.3) is 5.65 Å². The number of fused-ring (bicyclic) bond motifs is 1. The van der Waals surface area contributed by atoms with Crippen molar-refractivity contribution in [1.82, 2.24) is 14.7 Å². The Morgan fingerprint density at radius 1 is 1.33 bits per heavy atom. The summed E-state index contributed by atoms with van der Waals surface area (Å²) in [7, 11) is 0. The number of hydrogen-bond donors (Lipinski definition) is 1. The number of hydrogen-bond acceptors (Lipinski definition) is 3. The van der Waals surface area contributed by atoms with Crippen molar-refractivity contribution in [3.63, 3.8) is 0 Å². The van der Waals surface area contributed by atoms with Gasteiger partial charge in [-0.15, -0.1) is 0 Å². The predicted molar refractivity (Wildman–Crippen MR) is 96.4 cm³/mol.